The van der Waals surface area contributed by atoms with Crippen molar-refractivity contribution in [1.29, 1.82) is 0 Å². The normalized spacial score (nSPS) is 25.0. The summed E-state index contributed by atoms with van der Waals surface area (Å²) in [6.07, 6.45) is 4.58. The van der Waals surface area contributed by atoms with Gasteiger partial charge in [0, 0.05) is 26.2 Å². The molecule has 1 spiro atoms. The molecule has 1 aromatic rings. The molecule has 156 valence electrons. The Kier molecular flexibility index (Phi) is 6.39. The Hall–Kier alpha value is -1.15. The lowest BCUT2D eigenvalue weighted by molar-refractivity contribution is -0.136. The van der Waals surface area contributed by atoms with Crippen LogP contribution in [0.3, 0.4) is 0 Å². The minimum absolute atomic E-state index is 0. The second kappa shape index (κ2) is 8.30. The van der Waals surface area contributed by atoms with Gasteiger partial charge >= 0.3 is 0 Å². The summed E-state index contributed by atoms with van der Waals surface area (Å²) < 4.78 is 27.6. The number of carbonyl (C=O) groups excluding carboxylic acids is 1. The van der Waals surface area contributed by atoms with Crippen molar-refractivity contribution < 1.29 is 13.2 Å². The third-order valence-corrected chi connectivity index (χ3v) is 8.51. The van der Waals surface area contributed by atoms with Crippen LogP contribution in [0, 0.1) is 12.3 Å². The summed E-state index contributed by atoms with van der Waals surface area (Å²) in [5, 5.41) is 3.44. The molecule has 1 unspecified atom stereocenters. The molecular formula is C20H30ClN3O3S. The van der Waals surface area contributed by atoms with Crippen LogP contribution in [0.2, 0.25) is 0 Å². The molecule has 4 rings (SSSR count). The minimum atomic E-state index is -3.63. The molecule has 28 heavy (non-hydrogen) atoms. The highest BCUT2D eigenvalue weighted by atomic mass is 35.5. The first-order valence-corrected chi connectivity index (χ1v) is 11.4. The van der Waals surface area contributed by atoms with Crippen molar-refractivity contribution in [2.75, 3.05) is 32.7 Å². The monoisotopic (exact) mass is 427 g/mol. The first-order chi connectivity index (χ1) is 12.9. The van der Waals surface area contributed by atoms with Crippen LogP contribution in [0.15, 0.2) is 29.2 Å². The summed E-state index contributed by atoms with van der Waals surface area (Å²) in [6.45, 7) is 5.96. The molecule has 3 saturated heterocycles. The maximum Gasteiger partial charge on any atom is 0.243 e. The van der Waals surface area contributed by atoms with E-state index in [1.165, 1.54) is 10.7 Å². The van der Waals surface area contributed by atoms with Crippen molar-refractivity contribution in [2.45, 2.75) is 50.0 Å². The number of aryl methyl sites for hydroxylation is 1. The molecule has 1 aromatic carbocycles. The summed E-state index contributed by atoms with van der Waals surface area (Å²) in [5.74, 6) is -0.0102. The van der Waals surface area contributed by atoms with Crippen LogP contribution >= 0.6 is 12.4 Å². The third kappa shape index (κ3) is 3.95. The molecule has 0 saturated carbocycles. The molecule has 1 amide bonds. The largest absolute Gasteiger partial charge is 0.341 e. The molecule has 0 aliphatic carbocycles. The maximum absolute atomic E-state index is 13.2. The molecule has 6 nitrogen and oxygen atoms in total. The molecule has 1 N–H and O–H groups in total. The zero-order chi connectivity index (χ0) is 19.1. The molecule has 3 heterocycles. The van der Waals surface area contributed by atoms with Gasteiger partial charge in [0.2, 0.25) is 15.9 Å². The lowest BCUT2D eigenvalue weighted by Gasteiger charge is -2.40. The van der Waals surface area contributed by atoms with Gasteiger partial charge in [0.05, 0.1) is 4.90 Å². The van der Waals surface area contributed by atoms with Gasteiger partial charge in [-0.05, 0) is 63.1 Å². The number of benzene rings is 1. The first-order valence-electron chi connectivity index (χ1n) is 9.99. The van der Waals surface area contributed by atoms with Crippen molar-refractivity contribution in [3.8, 4) is 0 Å². The Morgan fingerprint density at radius 2 is 1.79 bits per heavy atom. The summed E-state index contributed by atoms with van der Waals surface area (Å²) in [4.78, 5) is 15.3. The summed E-state index contributed by atoms with van der Waals surface area (Å²) in [5.41, 5.74) is 1.37. The van der Waals surface area contributed by atoms with E-state index in [1.54, 1.807) is 24.3 Å². The smallest absolute Gasteiger partial charge is 0.243 e. The van der Waals surface area contributed by atoms with Gasteiger partial charge in [0.1, 0.15) is 6.04 Å². The number of sulfonamides is 1. The first kappa shape index (κ1) is 21.6. The number of nitrogens with one attached hydrogen (secondary N) is 1. The predicted octanol–water partition coefficient (Wildman–Crippen LogP) is 2.17. The van der Waals surface area contributed by atoms with Crippen molar-refractivity contribution in [3.05, 3.63) is 29.8 Å². The number of carbonyl (C=O) groups is 1. The van der Waals surface area contributed by atoms with E-state index in [0.717, 1.165) is 51.0 Å². The molecule has 1 atom stereocenters. The molecule has 3 aliphatic rings. The second-order valence-electron chi connectivity index (χ2n) is 8.34. The van der Waals surface area contributed by atoms with Crippen LogP contribution in [0.25, 0.3) is 0 Å². The number of hydrogen-bond acceptors (Lipinski definition) is 4. The molecule has 8 heteroatoms. The summed E-state index contributed by atoms with van der Waals surface area (Å²) >= 11 is 0. The number of hydrogen-bond donors (Lipinski definition) is 1. The predicted molar refractivity (Wildman–Crippen MR) is 111 cm³/mol. The fourth-order valence-electron chi connectivity index (χ4n) is 4.75. The highest BCUT2D eigenvalue weighted by Gasteiger charge is 2.44. The molecular weight excluding hydrogens is 398 g/mol. The van der Waals surface area contributed by atoms with E-state index >= 15 is 0 Å². The lowest BCUT2D eigenvalue weighted by atomic mass is 9.78. The van der Waals surface area contributed by atoms with E-state index in [2.05, 4.69) is 5.32 Å². The van der Waals surface area contributed by atoms with Gasteiger partial charge in [0.15, 0.2) is 0 Å². The van der Waals surface area contributed by atoms with E-state index in [1.807, 2.05) is 11.8 Å². The summed E-state index contributed by atoms with van der Waals surface area (Å²) in [7, 11) is -3.63. The molecule has 0 radical (unpaired) electrons. The number of amides is 1. The zero-order valence-electron chi connectivity index (χ0n) is 16.4. The fourth-order valence-corrected chi connectivity index (χ4v) is 6.41. The van der Waals surface area contributed by atoms with Crippen LogP contribution in [-0.2, 0) is 14.8 Å². The number of nitrogens with zero attached hydrogens (tertiary/aromatic N) is 2. The van der Waals surface area contributed by atoms with Crippen LogP contribution in [0.1, 0.15) is 37.7 Å². The SMILES string of the molecule is Cc1ccc(S(=O)(=O)N2CCCC2C(=O)N2CCC3(CCNC3)CC2)cc1.Cl. The Morgan fingerprint density at radius 3 is 2.39 bits per heavy atom. The van der Waals surface area contributed by atoms with Gasteiger partial charge in [-0.25, -0.2) is 8.42 Å². The van der Waals surface area contributed by atoms with Crippen LogP contribution in [-0.4, -0.2) is 62.3 Å². The van der Waals surface area contributed by atoms with Crippen molar-refractivity contribution in [2.24, 2.45) is 5.41 Å². The number of rotatable bonds is 3. The molecule has 3 fully saturated rings. The average molecular weight is 428 g/mol. The van der Waals surface area contributed by atoms with Gasteiger partial charge < -0.3 is 10.2 Å². The molecule has 0 bridgehead atoms. The van der Waals surface area contributed by atoms with Gasteiger partial charge in [-0.15, -0.1) is 12.4 Å². The second-order valence-corrected chi connectivity index (χ2v) is 10.2. The third-order valence-electron chi connectivity index (χ3n) is 6.58. The lowest BCUT2D eigenvalue weighted by Crippen LogP contribution is -2.51. The van der Waals surface area contributed by atoms with Gasteiger partial charge in [0.25, 0.3) is 0 Å². The molecule has 3 aliphatic heterocycles. The van der Waals surface area contributed by atoms with Gasteiger partial charge in [-0.3, -0.25) is 4.79 Å². The van der Waals surface area contributed by atoms with Crippen LogP contribution in [0.4, 0.5) is 0 Å². The van der Waals surface area contributed by atoms with E-state index < -0.39 is 16.1 Å². The van der Waals surface area contributed by atoms with Crippen LogP contribution in [0.5, 0.6) is 0 Å². The van der Waals surface area contributed by atoms with Gasteiger partial charge in [-0.2, -0.15) is 4.31 Å². The zero-order valence-corrected chi connectivity index (χ0v) is 18.0. The van der Waals surface area contributed by atoms with Gasteiger partial charge in [-0.1, -0.05) is 17.7 Å². The number of likely N-dealkylation sites (tertiary alicyclic amines) is 1. The van der Waals surface area contributed by atoms with Crippen LogP contribution < -0.4 is 5.32 Å². The Morgan fingerprint density at radius 1 is 1.11 bits per heavy atom. The average Bonchev–Trinajstić information content (AvgIpc) is 3.32. The van der Waals surface area contributed by atoms with Crippen molar-refractivity contribution >= 4 is 28.3 Å². The van der Waals surface area contributed by atoms with E-state index in [-0.39, 0.29) is 23.2 Å². The summed E-state index contributed by atoms with van der Waals surface area (Å²) in [6, 6.07) is 6.34. The van der Waals surface area contributed by atoms with E-state index in [4.69, 9.17) is 0 Å². The highest BCUT2D eigenvalue weighted by molar-refractivity contribution is 7.89. The van der Waals surface area contributed by atoms with Crippen molar-refractivity contribution in [3.63, 3.8) is 0 Å². The van der Waals surface area contributed by atoms with E-state index in [9.17, 15) is 13.2 Å². The van der Waals surface area contributed by atoms with E-state index in [0.29, 0.717) is 18.4 Å². The Bertz CT molecular complexity index is 796. The number of halogens is 1. The van der Waals surface area contributed by atoms with Crippen molar-refractivity contribution in [1.82, 2.24) is 14.5 Å². The quantitative estimate of drug-likeness (QED) is 0.802. The fraction of sp³-hybridized carbons (Fsp3) is 0.650. The Balaban J connectivity index is 0.00000225. The highest BCUT2D eigenvalue weighted by Crippen LogP contribution is 2.37. The standard InChI is InChI=1S/C20H29N3O3S.ClH/c1-16-4-6-17(7-5-16)27(25,26)23-12-2-3-18(23)19(24)22-13-9-20(10-14-22)8-11-21-15-20;/h4-7,18,21H,2-3,8-15H2,1H3;1H. The topological polar surface area (TPSA) is 69.7 Å². The Labute approximate surface area is 174 Å². The molecule has 0 aromatic heterocycles. The maximum atomic E-state index is 13.2. The number of piperidine rings is 1. The minimum Gasteiger partial charge on any atom is -0.341 e.